The lowest BCUT2D eigenvalue weighted by Gasteiger charge is -2.13. The maximum absolute atomic E-state index is 11.5. The Labute approximate surface area is 352 Å². The summed E-state index contributed by atoms with van der Waals surface area (Å²) in [6.07, 6.45) is 0. The number of carbonyl (C=O) groups is 3. The molecule has 3 heterocycles. The molecule has 316 valence electrons. The summed E-state index contributed by atoms with van der Waals surface area (Å²) in [5.41, 5.74) is 3.39. The smallest absolute Gasteiger partial charge is 0.380 e. The van der Waals surface area contributed by atoms with Crippen LogP contribution in [0.25, 0.3) is 0 Å². The minimum absolute atomic E-state index is 0.0113. The molecule has 1 N–H and O–H groups in total. The largest absolute Gasteiger partial charge is 0.460 e. The second-order valence-corrected chi connectivity index (χ2v) is 12.0. The Kier molecular flexibility index (Phi) is 24.8. The van der Waals surface area contributed by atoms with Gasteiger partial charge in [-0.2, -0.15) is 10.0 Å². The molecule has 19 nitrogen and oxygen atoms in total. The van der Waals surface area contributed by atoms with Crippen LogP contribution in [0, 0.1) is 0 Å². The number of benzene rings is 3. The maximum atomic E-state index is 11.5. The van der Waals surface area contributed by atoms with Gasteiger partial charge in [0.05, 0.1) is 32.9 Å². The molecule has 0 saturated carbocycles. The first kappa shape index (κ1) is 48.9. The lowest BCUT2D eigenvalue weighted by atomic mass is 10.2. The van der Waals surface area contributed by atoms with Gasteiger partial charge in [-0.15, -0.1) is 25.5 Å². The van der Waals surface area contributed by atoms with Gasteiger partial charge in [-0.3, -0.25) is 0 Å². The van der Waals surface area contributed by atoms with E-state index in [1.807, 2.05) is 78.9 Å². The van der Waals surface area contributed by atoms with Crippen molar-refractivity contribution in [2.75, 3.05) is 39.5 Å². The summed E-state index contributed by atoms with van der Waals surface area (Å²) in [4.78, 5) is 37.3. The number of aromatic nitrogens is 12. The fourth-order valence-corrected chi connectivity index (χ4v) is 4.80. The monoisotopic (exact) mass is 877 g/mol. The van der Waals surface area contributed by atoms with Crippen LogP contribution < -0.4 is 0 Å². The van der Waals surface area contributed by atoms with Crippen molar-refractivity contribution in [3.63, 3.8) is 0 Å². The molecule has 0 spiro atoms. The number of hydrogen-bond acceptors (Lipinski definition) is 16. The van der Waals surface area contributed by atoms with Gasteiger partial charge in [-0.25, -0.2) is 19.1 Å². The Hall–Kier alpha value is -6.28. The number of halogens is 1. The maximum Gasteiger partial charge on any atom is 0.380 e. The van der Waals surface area contributed by atoms with Crippen LogP contribution in [0.2, 0.25) is 0 Å². The van der Waals surface area contributed by atoms with Crippen LogP contribution >= 0.6 is 15.9 Å². The number of carbonyl (C=O) groups excluding carboxylic acids is 3. The number of aromatic amines is 1. The summed E-state index contributed by atoms with van der Waals surface area (Å²) in [5.74, 6) is -1.54. The second-order valence-electron chi connectivity index (χ2n) is 11.4. The fraction of sp³-hybridized carbons (Fsp3) is 0.385. The number of ether oxygens (including phenoxy) is 3. The van der Waals surface area contributed by atoms with Crippen LogP contribution in [0.3, 0.4) is 0 Å². The molecule has 20 heteroatoms. The lowest BCUT2D eigenvalue weighted by molar-refractivity contribution is 0.0497. The molecule has 0 unspecified atom stereocenters. The van der Waals surface area contributed by atoms with Gasteiger partial charge in [0.25, 0.3) is 17.5 Å². The molecule has 3 aromatic carbocycles. The zero-order chi connectivity index (χ0) is 43.1. The molecule has 59 heavy (non-hydrogen) atoms. The summed E-state index contributed by atoms with van der Waals surface area (Å²) < 4.78 is 15.6. The zero-order valence-electron chi connectivity index (χ0n) is 34.2. The van der Waals surface area contributed by atoms with Crippen molar-refractivity contribution in [2.45, 2.75) is 60.0 Å². The van der Waals surface area contributed by atoms with Crippen molar-refractivity contribution < 1.29 is 28.6 Å². The third kappa shape index (κ3) is 19.6. The predicted octanol–water partition coefficient (Wildman–Crippen LogP) is 5.10. The third-order valence-corrected chi connectivity index (χ3v) is 8.03. The summed E-state index contributed by atoms with van der Waals surface area (Å²) in [5, 5.41) is 35.4. The zero-order valence-corrected chi connectivity index (χ0v) is 35.8. The fourth-order valence-electron chi connectivity index (χ4n) is 4.43. The van der Waals surface area contributed by atoms with Crippen LogP contribution in [0.15, 0.2) is 91.0 Å². The van der Waals surface area contributed by atoms with Crippen LogP contribution in [0.4, 0.5) is 0 Å². The van der Waals surface area contributed by atoms with Crippen LogP contribution in [0.1, 0.15) is 90.1 Å². The highest BCUT2D eigenvalue weighted by molar-refractivity contribution is 9.08. The van der Waals surface area contributed by atoms with Crippen molar-refractivity contribution in [1.29, 1.82) is 0 Å². The number of tetrazole rings is 3. The molecule has 0 bridgehead atoms. The number of rotatable bonds is 14. The normalized spacial score (nSPS) is 9.90. The third-order valence-electron chi connectivity index (χ3n) is 7.38. The topological polar surface area (TPSA) is 224 Å². The first-order valence-electron chi connectivity index (χ1n) is 18.9. The van der Waals surface area contributed by atoms with E-state index < -0.39 is 17.9 Å². The molecule has 0 radical (unpaired) electrons. The van der Waals surface area contributed by atoms with E-state index in [4.69, 9.17) is 9.47 Å². The number of nitrogens with one attached hydrogen (secondary N) is 1. The molecular formula is C39H52BrN13O6. The second kappa shape index (κ2) is 29.9. The Bertz CT molecular complexity index is 1970. The first-order valence-corrected chi connectivity index (χ1v) is 20.0. The average molecular weight is 879 g/mol. The van der Waals surface area contributed by atoms with E-state index in [0.717, 1.165) is 16.5 Å². The lowest BCUT2D eigenvalue weighted by Crippen LogP contribution is -2.21. The number of esters is 3. The van der Waals surface area contributed by atoms with E-state index in [-0.39, 0.29) is 17.5 Å². The van der Waals surface area contributed by atoms with Crippen LogP contribution in [-0.4, -0.2) is 123 Å². The van der Waals surface area contributed by atoms with Crippen LogP contribution in [-0.2, 0) is 32.6 Å². The van der Waals surface area contributed by atoms with Crippen molar-refractivity contribution in [1.82, 2.24) is 65.9 Å². The quantitative estimate of drug-likeness (QED) is 0.0853. The van der Waals surface area contributed by atoms with Crippen molar-refractivity contribution in [2.24, 2.45) is 0 Å². The summed E-state index contributed by atoms with van der Waals surface area (Å²) in [7, 11) is 0. The molecule has 0 aliphatic rings. The summed E-state index contributed by atoms with van der Waals surface area (Å²) in [6.45, 7) is 17.1. The van der Waals surface area contributed by atoms with E-state index in [1.54, 1.807) is 20.8 Å². The highest BCUT2D eigenvalue weighted by Gasteiger charge is 2.17. The summed E-state index contributed by atoms with van der Waals surface area (Å²) in [6, 6.07) is 29.6. The van der Waals surface area contributed by atoms with E-state index >= 15 is 0 Å². The minimum Gasteiger partial charge on any atom is -0.460 e. The van der Waals surface area contributed by atoms with Gasteiger partial charge in [-0.1, -0.05) is 128 Å². The Morgan fingerprint density at radius 1 is 0.610 bits per heavy atom. The molecular weight excluding hydrogens is 826 g/mol. The summed E-state index contributed by atoms with van der Waals surface area (Å²) >= 11 is 3.36. The Balaban J connectivity index is 0.000000267. The predicted molar refractivity (Wildman–Crippen MR) is 221 cm³/mol. The molecule has 6 aromatic rings. The van der Waals surface area contributed by atoms with Gasteiger partial charge in [0, 0.05) is 5.33 Å². The van der Waals surface area contributed by atoms with Crippen molar-refractivity contribution >= 4 is 33.8 Å². The minimum atomic E-state index is -0.559. The van der Waals surface area contributed by atoms with Crippen molar-refractivity contribution in [3.05, 3.63) is 125 Å². The molecule has 0 atom stereocenters. The van der Waals surface area contributed by atoms with Crippen molar-refractivity contribution in [3.8, 4) is 0 Å². The van der Waals surface area contributed by atoms with E-state index in [0.29, 0.717) is 32.9 Å². The Morgan fingerprint density at radius 3 is 1.54 bits per heavy atom. The van der Waals surface area contributed by atoms with E-state index in [9.17, 15) is 14.4 Å². The van der Waals surface area contributed by atoms with E-state index in [2.05, 4.69) is 110 Å². The van der Waals surface area contributed by atoms with Gasteiger partial charge in [-0.05, 0) is 77.9 Å². The first-order chi connectivity index (χ1) is 28.7. The molecule has 0 saturated heterocycles. The van der Waals surface area contributed by atoms with Gasteiger partial charge in [0.1, 0.15) is 0 Å². The molecule has 0 fully saturated rings. The highest BCUT2D eigenvalue weighted by Crippen LogP contribution is 2.05. The molecule has 6 rings (SSSR count). The molecule has 3 aromatic heterocycles. The number of nitrogens with zero attached hydrogens (tertiary/aromatic N) is 12. The number of H-pyrrole nitrogens is 1. The van der Waals surface area contributed by atoms with Crippen LogP contribution in [0.5, 0.6) is 0 Å². The van der Waals surface area contributed by atoms with E-state index in [1.165, 1.54) is 34.7 Å². The molecule has 0 aliphatic carbocycles. The van der Waals surface area contributed by atoms with Gasteiger partial charge in [0.2, 0.25) is 0 Å². The molecule has 0 aliphatic heterocycles. The number of hydrogen-bond donors (Lipinski definition) is 1. The Morgan fingerprint density at radius 2 is 1.10 bits per heavy atom. The van der Waals surface area contributed by atoms with Gasteiger partial charge < -0.3 is 19.1 Å². The molecule has 0 amide bonds. The number of alkyl halides is 1. The SMILES string of the molecule is BrCc1ccccc1.CCN(CC)CC.CCOC(=O)c1nn[nH]n1.CCOC(=O)c1nnn(Cc2ccccc2)n1.CCOC(=O)c1nnnn1Cc1ccccc1. The van der Waals surface area contributed by atoms with Gasteiger partial charge >= 0.3 is 17.9 Å². The average Bonchev–Trinajstić information content (AvgIpc) is 4.08. The highest BCUT2D eigenvalue weighted by atomic mass is 79.9. The standard InChI is InChI=1S/2C11H12N4O2.C7H7Br.C6H15N.C4H6N4O2/c1-2-17-11(16)10-12-13-14-15(10)8-9-6-4-3-5-7-9;1-2-17-11(16)10-12-14-15(13-10)8-9-6-4-3-5-7-9;8-6-7-4-2-1-3-5-7;1-4-7(5-2)6-3;1-2-10-4(9)3-5-7-8-6-3/h2*3-7H,2,8H2,1H3;1-5H,6H2;4-6H2,1-3H3;2H2,1H3,(H,5,6,7,8). The van der Waals surface area contributed by atoms with Gasteiger partial charge in [0.15, 0.2) is 0 Å².